The summed E-state index contributed by atoms with van der Waals surface area (Å²) in [6.07, 6.45) is 1.96. The minimum absolute atomic E-state index is 0.0871. The molecule has 1 aliphatic rings. The van der Waals surface area contributed by atoms with Crippen molar-refractivity contribution in [2.45, 2.75) is 24.9 Å². The van der Waals surface area contributed by atoms with Crippen LogP contribution in [0.5, 0.6) is 0 Å². The minimum atomic E-state index is -0.0871. The Kier molecular flexibility index (Phi) is 5.48. The number of nitrogens with two attached hydrogens (primary N) is 1. The molecular formula is C14H20Cl2N2O. The first-order valence-electron chi connectivity index (χ1n) is 6.57. The lowest BCUT2D eigenvalue weighted by Crippen LogP contribution is -2.34. The van der Waals surface area contributed by atoms with Crippen molar-refractivity contribution in [2.24, 2.45) is 5.73 Å². The van der Waals surface area contributed by atoms with E-state index in [0.717, 1.165) is 38.2 Å². The van der Waals surface area contributed by atoms with Gasteiger partial charge in [0, 0.05) is 25.2 Å². The quantitative estimate of drug-likeness (QED) is 0.908. The van der Waals surface area contributed by atoms with E-state index in [-0.39, 0.29) is 6.04 Å². The van der Waals surface area contributed by atoms with Crippen LogP contribution in [0, 0.1) is 0 Å². The maximum atomic E-state index is 6.21. The Morgan fingerprint density at radius 2 is 2.26 bits per heavy atom. The zero-order chi connectivity index (χ0) is 13.8. The third kappa shape index (κ3) is 3.83. The highest BCUT2D eigenvalue weighted by Gasteiger charge is 2.21. The van der Waals surface area contributed by atoms with Gasteiger partial charge in [0.15, 0.2) is 0 Å². The lowest BCUT2D eigenvalue weighted by molar-refractivity contribution is 0.157. The molecule has 0 radical (unpaired) electrons. The molecule has 2 rings (SSSR count). The predicted octanol–water partition coefficient (Wildman–Crippen LogP) is 3.10. The molecule has 3 nitrogen and oxygen atoms in total. The maximum Gasteiger partial charge on any atom is 0.0640 e. The number of hydrogen-bond donors (Lipinski definition) is 1. The molecule has 0 spiro atoms. The second-order valence-corrected chi connectivity index (χ2v) is 5.82. The molecule has 0 amide bonds. The average molecular weight is 303 g/mol. The monoisotopic (exact) mass is 302 g/mol. The average Bonchev–Trinajstić information content (AvgIpc) is 2.93. The van der Waals surface area contributed by atoms with Crippen molar-refractivity contribution < 1.29 is 4.74 Å². The minimum Gasteiger partial charge on any atom is -0.380 e. The first-order chi connectivity index (χ1) is 9.09. The molecule has 0 aromatic heterocycles. The van der Waals surface area contributed by atoms with Crippen LogP contribution in [0.25, 0.3) is 0 Å². The summed E-state index contributed by atoms with van der Waals surface area (Å²) >= 11 is 12.2. The van der Waals surface area contributed by atoms with E-state index in [4.69, 9.17) is 33.7 Å². The van der Waals surface area contributed by atoms with E-state index in [2.05, 4.69) is 11.9 Å². The highest BCUT2D eigenvalue weighted by atomic mass is 35.5. The molecule has 1 aromatic carbocycles. The Hall–Kier alpha value is -0.320. The maximum absolute atomic E-state index is 6.21. The van der Waals surface area contributed by atoms with E-state index in [1.54, 1.807) is 6.07 Å². The number of ether oxygens (including phenoxy) is 1. The fourth-order valence-electron chi connectivity index (χ4n) is 2.36. The van der Waals surface area contributed by atoms with Gasteiger partial charge in [-0.2, -0.15) is 0 Å². The molecule has 106 valence electrons. The SMILES string of the molecule is CN(CCC(N)c1cccc(Cl)c1Cl)C1CCOC1. The molecule has 2 atom stereocenters. The molecule has 0 aliphatic carbocycles. The van der Waals surface area contributed by atoms with Crippen molar-refractivity contribution in [3.63, 3.8) is 0 Å². The Balaban J connectivity index is 1.90. The molecule has 19 heavy (non-hydrogen) atoms. The zero-order valence-electron chi connectivity index (χ0n) is 11.1. The van der Waals surface area contributed by atoms with Crippen LogP contribution in [0.4, 0.5) is 0 Å². The lowest BCUT2D eigenvalue weighted by Gasteiger charge is -2.24. The van der Waals surface area contributed by atoms with Crippen molar-refractivity contribution >= 4 is 23.2 Å². The zero-order valence-corrected chi connectivity index (χ0v) is 12.6. The van der Waals surface area contributed by atoms with Crippen molar-refractivity contribution in [3.05, 3.63) is 33.8 Å². The Bertz CT molecular complexity index is 422. The van der Waals surface area contributed by atoms with Crippen LogP contribution in [-0.2, 0) is 4.74 Å². The van der Waals surface area contributed by atoms with Gasteiger partial charge in [-0.25, -0.2) is 0 Å². The summed E-state index contributed by atoms with van der Waals surface area (Å²) in [4.78, 5) is 2.31. The third-order valence-electron chi connectivity index (χ3n) is 3.70. The smallest absolute Gasteiger partial charge is 0.0640 e. The molecule has 1 saturated heterocycles. The summed E-state index contributed by atoms with van der Waals surface area (Å²) in [6.45, 7) is 2.61. The lowest BCUT2D eigenvalue weighted by atomic mass is 10.0. The Labute approximate surface area is 124 Å². The molecule has 5 heteroatoms. The number of hydrogen-bond acceptors (Lipinski definition) is 3. The molecule has 2 N–H and O–H groups in total. The predicted molar refractivity (Wildman–Crippen MR) is 79.9 cm³/mol. The standard InChI is InChI=1S/C14H20Cl2N2O/c1-18(10-6-8-19-9-10)7-5-13(17)11-3-2-4-12(15)14(11)16/h2-4,10,13H,5-9,17H2,1H3. The Morgan fingerprint density at radius 1 is 1.47 bits per heavy atom. The van der Waals surface area contributed by atoms with E-state index < -0.39 is 0 Å². The first kappa shape index (κ1) is 15.1. The van der Waals surface area contributed by atoms with Gasteiger partial charge in [-0.05, 0) is 31.5 Å². The van der Waals surface area contributed by atoms with Crippen LogP contribution in [0.1, 0.15) is 24.4 Å². The van der Waals surface area contributed by atoms with Crippen molar-refractivity contribution in [1.82, 2.24) is 4.90 Å². The summed E-state index contributed by atoms with van der Waals surface area (Å²) in [5.74, 6) is 0. The van der Waals surface area contributed by atoms with Gasteiger partial charge < -0.3 is 15.4 Å². The van der Waals surface area contributed by atoms with Gasteiger partial charge in [0.05, 0.1) is 16.7 Å². The number of halogens is 2. The summed E-state index contributed by atoms with van der Waals surface area (Å²) in [5, 5.41) is 1.13. The van der Waals surface area contributed by atoms with E-state index in [1.807, 2.05) is 12.1 Å². The number of likely N-dealkylation sites (N-methyl/N-ethyl adjacent to an activating group) is 1. The molecule has 1 fully saturated rings. The van der Waals surface area contributed by atoms with Gasteiger partial charge in [0.1, 0.15) is 0 Å². The van der Waals surface area contributed by atoms with E-state index in [0.29, 0.717) is 16.1 Å². The summed E-state index contributed by atoms with van der Waals surface area (Å²) in [7, 11) is 2.12. The molecule has 1 aliphatic heterocycles. The molecule has 0 bridgehead atoms. The number of benzene rings is 1. The van der Waals surface area contributed by atoms with Gasteiger partial charge >= 0.3 is 0 Å². The number of rotatable bonds is 5. The van der Waals surface area contributed by atoms with Gasteiger partial charge in [0.2, 0.25) is 0 Å². The second-order valence-electron chi connectivity index (χ2n) is 5.04. The Morgan fingerprint density at radius 3 is 2.95 bits per heavy atom. The summed E-state index contributed by atoms with van der Waals surface area (Å²) in [6, 6.07) is 6.04. The second kappa shape index (κ2) is 6.91. The fraction of sp³-hybridized carbons (Fsp3) is 0.571. The van der Waals surface area contributed by atoms with Gasteiger partial charge in [-0.3, -0.25) is 0 Å². The highest BCUT2D eigenvalue weighted by molar-refractivity contribution is 6.42. The van der Waals surface area contributed by atoms with E-state index in [9.17, 15) is 0 Å². The van der Waals surface area contributed by atoms with E-state index >= 15 is 0 Å². The highest BCUT2D eigenvalue weighted by Crippen LogP contribution is 2.30. The normalized spacial score (nSPS) is 21.0. The topological polar surface area (TPSA) is 38.5 Å². The van der Waals surface area contributed by atoms with Gasteiger partial charge in [0.25, 0.3) is 0 Å². The van der Waals surface area contributed by atoms with E-state index in [1.165, 1.54) is 0 Å². The van der Waals surface area contributed by atoms with Crippen LogP contribution in [-0.4, -0.2) is 37.7 Å². The van der Waals surface area contributed by atoms with Crippen LogP contribution < -0.4 is 5.73 Å². The first-order valence-corrected chi connectivity index (χ1v) is 7.32. The largest absolute Gasteiger partial charge is 0.380 e. The van der Waals surface area contributed by atoms with Crippen LogP contribution >= 0.6 is 23.2 Å². The molecule has 1 aromatic rings. The van der Waals surface area contributed by atoms with Crippen LogP contribution in [0.2, 0.25) is 10.0 Å². The van der Waals surface area contributed by atoms with Crippen LogP contribution in [0.15, 0.2) is 18.2 Å². The third-order valence-corrected chi connectivity index (χ3v) is 4.54. The van der Waals surface area contributed by atoms with Gasteiger partial charge in [-0.1, -0.05) is 35.3 Å². The van der Waals surface area contributed by atoms with Gasteiger partial charge in [-0.15, -0.1) is 0 Å². The fourth-order valence-corrected chi connectivity index (χ4v) is 2.81. The number of nitrogens with zero attached hydrogens (tertiary/aromatic N) is 1. The van der Waals surface area contributed by atoms with Crippen molar-refractivity contribution in [2.75, 3.05) is 26.8 Å². The molecular weight excluding hydrogens is 283 g/mol. The van der Waals surface area contributed by atoms with Crippen LogP contribution in [0.3, 0.4) is 0 Å². The molecule has 1 heterocycles. The van der Waals surface area contributed by atoms with Crippen molar-refractivity contribution in [1.29, 1.82) is 0 Å². The summed E-state index contributed by atoms with van der Waals surface area (Å²) in [5.41, 5.74) is 7.13. The van der Waals surface area contributed by atoms with Crippen molar-refractivity contribution in [3.8, 4) is 0 Å². The summed E-state index contributed by atoms with van der Waals surface area (Å²) < 4.78 is 5.39. The molecule has 0 saturated carbocycles. The molecule has 2 unspecified atom stereocenters.